The van der Waals surface area contributed by atoms with E-state index < -0.39 is 0 Å². The van der Waals surface area contributed by atoms with Gasteiger partial charge in [-0.15, -0.1) is 5.10 Å². The molecule has 4 rings (SSSR count). The smallest absolute Gasteiger partial charge is 0.128 e. The number of hydrogen-bond donors (Lipinski definition) is 0. The van der Waals surface area contributed by atoms with Gasteiger partial charge in [0.2, 0.25) is 0 Å². The summed E-state index contributed by atoms with van der Waals surface area (Å²) in [5.74, 6) is 0.813. The summed E-state index contributed by atoms with van der Waals surface area (Å²) < 4.78 is 7.72. The highest BCUT2D eigenvalue weighted by molar-refractivity contribution is 5.99. The van der Waals surface area contributed by atoms with E-state index in [1.165, 1.54) is 5.56 Å². The molecule has 0 amide bonds. The summed E-state index contributed by atoms with van der Waals surface area (Å²) >= 11 is 0. The number of nitrogens with zero attached hydrogens (tertiary/aromatic N) is 4. The third kappa shape index (κ3) is 3.28. The van der Waals surface area contributed by atoms with Crippen molar-refractivity contribution in [3.63, 3.8) is 0 Å². The Balaban J connectivity index is 2.03. The standard InChI is InChI=1S/C24H26N4O/c1-16-24(23-20-12-7-6-10-18(20)14-15-22(23)29-5)28(26-25-16)21-13-9-8-11-19(21)17(2)27(3)4/h6-15,17H,1-5H3. The van der Waals surface area contributed by atoms with Gasteiger partial charge in [0.25, 0.3) is 0 Å². The number of hydrogen-bond acceptors (Lipinski definition) is 4. The highest BCUT2D eigenvalue weighted by atomic mass is 16.5. The lowest BCUT2D eigenvalue weighted by Gasteiger charge is -2.23. The fourth-order valence-electron chi connectivity index (χ4n) is 3.79. The second-order valence-corrected chi connectivity index (χ2v) is 7.50. The van der Waals surface area contributed by atoms with Crippen LogP contribution in [0.15, 0.2) is 60.7 Å². The number of aryl methyl sites for hydroxylation is 1. The average molecular weight is 386 g/mol. The molecule has 0 radical (unpaired) electrons. The molecule has 0 spiro atoms. The van der Waals surface area contributed by atoms with E-state index in [1.807, 2.05) is 23.7 Å². The zero-order valence-electron chi connectivity index (χ0n) is 17.5. The van der Waals surface area contributed by atoms with Gasteiger partial charge >= 0.3 is 0 Å². The van der Waals surface area contributed by atoms with Gasteiger partial charge in [-0.05, 0) is 56.4 Å². The van der Waals surface area contributed by atoms with Crippen LogP contribution in [-0.4, -0.2) is 41.1 Å². The molecule has 0 fully saturated rings. The van der Waals surface area contributed by atoms with E-state index in [4.69, 9.17) is 4.74 Å². The van der Waals surface area contributed by atoms with Crippen molar-refractivity contribution in [1.82, 2.24) is 19.9 Å². The molecule has 0 aliphatic carbocycles. The zero-order chi connectivity index (χ0) is 20.5. The Morgan fingerprint density at radius 3 is 2.45 bits per heavy atom. The van der Waals surface area contributed by atoms with Crippen LogP contribution in [0.1, 0.15) is 24.2 Å². The molecule has 0 N–H and O–H groups in total. The minimum absolute atomic E-state index is 0.234. The van der Waals surface area contributed by atoms with Gasteiger partial charge in [0.15, 0.2) is 0 Å². The van der Waals surface area contributed by atoms with Crippen LogP contribution < -0.4 is 4.74 Å². The maximum absolute atomic E-state index is 5.76. The van der Waals surface area contributed by atoms with Crippen molar-refractivity contribution in [1.29, 1.82) is 0 Å². The van der Waals surface area contributed by atoms with Gasteiger partial charge in [0.1, 0.15) is 11.4 Å². The molecule has 29 heavy (non-hydrogen) atoms. The van der Waals surface area contributed by atoms with Crippen LogP contribution in [0.5, 0.6) is 5.75 Å². The lowest BCUT2D eigenvalue weighted by molar-refractivity contribution is 0.320. The summed E-state index contributed by atoms with van der Waals surface area (Å²) in [6.07, 6.45) is 0. The van der Waals surface area contributed by atoms with Gasteiger partial charge in [-0.1, -0.05) is 53.7 Å². The molecule has 1 atom stereocenters. The summed E-state index contributed by atoms with van der Waals surface area (Å²) in [7, 11) is 5.88. The summed E-state index contributed by atoms with van der Waals surface area (Å²) in [6.45, 7) is 4.19. The van der Waals surface area contributed by atoms with Gasteiger partial charge in [0.05, 0.1) is 24.1 Å². The summed E-state index contributed by atoms with van der Waals surface area (Å²) in [4.78, 5) is 2.20. The Hall–Kier alpha value is -3.18. The molecule has 1 heterocycles. The maximum Gasteiger partial charge on any atom is 0.128 e. The molecule has 5 heteroatoms. The lowest BCUT2D eigenvalue weighted by atomic mass is 9.99. The number of benzene rings is 3. The maximum atomic E-state index is 5.76. The van der Waals surface area contributed by atoms with Gasteiger partial charge < -0.3 is 9.64 Å². The normalized spacial score (nSPS) is 12.5. The topological polar surface area (TPSA) is 43.2 Å². The molecule has 5 nitrogen and oxygen atoms in total. The van der Waals surface area contributed by atoms with Crippen LogP contribution in [0.2, 0.25) is 0 Å². The molecule has 0 saturated carbocycles. The second-order valence-electron chi connectivity index (χ2n) is 7.50. The SMILES string of the molecule is COc1ccc2ccccc2c1-c1c(C)nnn1-c1ccccc1C(C)N(C)C. The van der Waals surface area contributed by atoms with Crippen molar-refractivity contribution in [2.45, 2.75) is 19.9 Å². The van der Waals surface area contributed by atoms with E-state index in [-0.39, 0.29) is 6.04 Å². The van der Waals surface area contributed by atoms with Gasteiger partial charge in [-0.2, -0.15) is 0 Å². The Bertz CT molecular complexity index is 1160. The quantitative estimate of drug-likeness (QED) is 0.483. The van der Waals surface area contributed by atoms with Gasteiger partial charge in [-0.25, -0.2) is 4.68 Å². The second kappa shape index (κ2) is 7.68. The third-order valence-corrected chi connectivity index (χ3v) is 5.58. The Labute approximate surface area is 171 Å². The molecule has 3 aromatic carbocycles. The largest absolute Gasteiger partial charge is 0.496 e. The van der Waals surface area contributed by atoms with Gasteiger partial charge in [0, 0.05) is 6.04 Å². The van der Waals surface area contributed by atoms with Crippen LogP contribution in [0.25, 0.3) is 27.7 Å². The molecule has 0 aliphatic rings. The van der Waals surface area contributed by atoms with Crippen molar-refractivity contribution in [3.05, 3.63) is 71.9 Å². The number of methoxy groups -OCH3 is 1. The summed E-state index contributed by atoms with van der Waals surface area (Å²) in [5, 5.41) is 11.3. The van der Waals surface area contributed by atoms with Crippen molar-refractivity contribution < 1.29 is 4.74 Å². The van der Waals surface area contributed by atoms with Crippen LogP contribution >= 0.6 is 0 Å². The first-order valence-corrected chi connectivity index (χ1v) is 9.77. The Kier molecular flexibility index (Phi) is 5.07. The average Bonchev–Trinajstić information content (AvgIpc) is 3.13. The van der Waals surface area contributed by atoms with E-state index in [0.29, 0.717) is 0 Å². The molecule has 148 valence electrons. The van der Waals surface area contributed by atoms with Crippen molar-refractivity contribution >= 4 is 10.8 Å². The van der Waals surface area contributed by atoms with Gasteiger partial charge in [-0.3, -0.25) is 0 Å². The predicted octanol–water partition coefficient (Wildman–Crippen LogP) is 5.03. The fraction of sp³-hybridized carbons (Fsp3) is 0.250. The fourth-order valence-corrected chi connectivity index (χ4v) is 3.79. The summed E-state index contributed by atoms with van der Waals surface area (Å²) in [6, 6.07) is 21.0. The Morgan fingerprint density at radius 1 is 0.966 bits per heavy atom. The lowest BCUT2D eigenvalue weighted by Crippen LogP contribution is -2.19. The minimum Gasteiger partial charge on any atom is -0.496 e. The predicted molar refractivity (Wildman–Crippen MR) is 118 cm³/mol. The number of fused-ring (bicyclic) bond motifs is 1. The molecule has 1 unspecified atom stereocenters. The number of aromatic nitrogens is 3. The first-order chi connectivity index (χ1) is 14.0. The molecule has 0 aliphatic heterocycles. The first kappa shape index (κ1) is 19.2. The monoisotopic (exact) mass is 386 g/mol. The van der Waals surface area contributed by atoms with E-state index in [0.717, 1.165) is 39.2 Å². The highest BCUT2D eigenvalue weighted by Gasteiger charge is 2.22. The van der Waals surface area contributed by atoms with Crippen molar-refractivity contribution in [2.24, 2.45) is 0 Å². The van der Waals surface area contributed by atoms with Crippen LogP contribution in [0.4, 0.5) is 0 Å². The summed E-state index contributed by atoms with van der Waals surface area (Å²) in [5.41, 5.74) is 5.06. The highest BCUT2D eigenvalue weighted by Crippen LogP contribution is 2.39. The molecule has 0 bridgehead atoms. The molecular weight excluding hydrogens is 360 g/mol. The van der Waals surface area contributed by atoms with E-state index >= 15 is 0 Å². The molecule has 1 aromatic heterocycles. The van der Waals surface area contributed by atoms with Crippen LogP contribution in [-0.2, 0) is 0 Å². The van der Waals surface area contributed by atoms with Crippen molar-refractivity contribution in [3.8, 4) is 22.7 Å². The van der Waals surface area contributed by atoms with Crippen LogP contribution in [0.3, 0.4) is 0 Å². The Morgan fingerprint density at radius 2 is 1.69 bits per heavy atom. The van der Waals surface area contributed by atoms with E-state index in [1.54, 1.807) is 7.11 Å². The molecule has 4 aromatic rings. The van der Waals surface area contributed by atoms with Crippen molar-refractivity contribution in [2.75, 3.05) is 21.2 Å². The number of rotatable bonds is 5. The number of ether oxygens (including phenoxy) is 1. The molecular formula is C24H26N4O. The van der Waals surface area contributed by atoms with E-state index in [2.05, 4.69) is 84.8 Å². The van der Waals surface area contributed by atoms with E-state index in [9.17, 15) is 0 Å². The molecule has 0 saturated heterocycles. The third-order valence-electron chi connectivity index (χ3n) is 5.58. The minimum atomic E-state index is 0.234. The number of para-hydroxylation sites is 1. The van der Waals surface area contributed by atoms with Crippen LogP contribution in [0, 0.1) is 6.92 Å². The first-order valence-electron chi connectivity index (χ1n) is 9.77. The zero-order valence-corrected chi connectivity index (χ0v) is 17.5.